The molecular formula is C29H35F3N4O3S. The van der Waals surface area contributed by atoms with E-state index in [9.17, 15) is 23.1 Å². The zero-order valence-electron chi connectivity index (χ0n) is 23.0. The van der Waals surface area contributed by atoms with E-state index in [4.69, 9.17) is 4.74 Å². The third-order valence-corrected chi connectivity index (χ3v) is 8.11. The molecule has 1 saturated carbocycles. The number of alkyl halides is 3. The number of carboxylic acids is 1. The molecule has 1 fully saturated rings. The smallest absolute Gasteiger partial charge is 0.452 e. The molecule has 0 spiro atoms. The lowest BCUT2D eigenvalue weighted by atomic mass is 9.82. The second kappa shape index (κ2) is 12.6. The van der Waals surface area contributed by atoms with Crippen LogP contribution < -0.4 is 10.2 Å². The van der Waals surface area contributed by atoms with E-state index in [1.54, 1.807) is 31.4 Å². The molecule has 1 unspecified atom stereocenters. The average molecular weight is 577 g/mol. The summed E-state index contributed by atoms with van der Waals surface area (Å²) in [5.41, 5.74) is 2.67. The number of ether oxygens (including phenoxy) is 1. The van der Waals surface area contributed by atoms with Gasteiger partial charge < -0.3 is 20.1 Å². The van der Waals surface area contributed by atoms with Gasteiger partial charge >= 0.3 is 12.1 Å². The van der Waals surface area contributed by atoms with Crippen LogP contribution in [0.15, 0.2) is 42.5 Å². The number of halogens is 3. The Morgan fingerprint density at radius 2 is 1.85 bits per heavy atom. The molecule has 1 aliphatic carbocycles. The fourth-order valence-electron chi connectivity index (χ4n) is 5.39. The first-order valence-electron chi connectivity index (χ1n) is 13.4. The zero-order valence-corrected chi connectivity index (χ0v) is 23.9. The molecule has 40 heavy (non-hydrogen) atoms. The van der Waals surface area contributed by atoms with E-state index in [2.05, 4.69) is 40.3 Å². The summed E-state index contributed by atoms with van der Waals surface area (Å²) in [6.07, 6.45) is -0.496. The quantitative estimate of drug-likeness (QED) is 0.255. The molecule has 0 radical (unpaired) electrons. The molecule has 1 aromatic heterocycles. The summed E-state index contributed by atoms with van der Waals surface area (Å²) in [7, 11) is 1.74. The van der Waals surface area contributed by atoms with Gasteiger partial charge in [0.25, 0.3) is 0 Å². The predicted octanol–water partition coefficient (Wildman–Crippen LogP) is 7.72. The van der Waals surface area contributed by atoms with Crippen molar-refractivity contribution in [1.82, 2.24) is 9.36 Å². The van der Waals surface area contributed by atoms with Crippen LogP contribution in [-0.2, 0) is 10.9 Å². The van der Waals surface area contributed by atoms with Crippen LogP contribution in [0.1, 0.15) is 62.6 Å². The highest BCUT2D eigenvalue weighted by molar-refractivity contribution is 7.09. The van der Waals surface area contributed by atoms with Gasteiger partial charge in [-0.1, -0.05) is 38.1 Å². The van der Waals surface area contributed by atoms with Crippen molar-refractivity contribution in [3.63, 3.8) is 0 Å². The first-order chi connectivity index (χ1) is 19.0. The van der Waals surface area contributed by atoms with Gasteiger partial charge in [0.1, 0.15) is 0 Å². The number of nitrogens with zero attached hydrogens (tertiary/aromatic N) is 3. The van der Waals surface area contributed by atoms with E-state index < -0.39 is 18.0 Å². The van der Waals surface area contributed by atoms with Crippen molar-refractivity contribution >= 4 is 34.0 Å². The van der Waals surface area contributed by atoms with Gasteiger partial charge in [0, 0.05) is 31.2 Å². The van der Waals surface area contributed by atoms with Gasteiger partial charge in [-0.3, -0.25) is 0 Å². The Balaban J connectivity index is 1.76. The van der Waals surface area contributed by atoms with Gasteiger partial charge in [-0.15, -0.1) is 0 Å². The summed E-state index contributed by atoms with van der Waals surface area (Å²) in [4.78, 5) is 17.9. The molecule has 216 valence electrons. The maximum absolute atomic E-state index is 13.2. The molecule has 1 aliphatic rings. The molecule has 1 atom stereocenters. The number of nitrogens with one attached hydrogen (secondary N) is 1. The highest BCUT2D eigenvalue weighted by Gasteiger charge is 2.36. The Labute approximate surface area is 236 Å². The van der Waals surface area contributed by atoms with E-state index in [1.165, 1.54) is 6.07 Å². The number of carbonyl (C=O) groups is 1. The molecule has 2 aromatic carbocycles. The number of benzene rings is 2. The maximum Gasteiger partial charge on any atom is 0.452 e. The highest BCUT2D eigenvalue weighted by Crippen LogP contribution is 2.40. The van der Waals surface area contributed by atoms with Crippen molar-refractivity contribution in [3.05, 3.63) is 53.9 Å². The number of hydrogen-bond donors (Lipinski definition) is 2. The standard InChI is InChI=1S/C29H35F3N4O3S/c1-17(2)16-36(21-12-9-19(10-13-21)18(3)39-4)25-14-11-20(22-7-5-6-8-23(22)26(37)38)15-24(25)33-28-34-27(35-40-28)29(30,31)32/h5-8,11,14-15,17-19,21H,9-10,12-13,16H2,1-4H3,(H,37,38)(H,33,34,35)/t18?,19-,21+. The van der Waals surface area contributed by atoms with Crippen LogP contribution in [0.4, 0.5) is 29.7 Å². The SMILES string of the molecule is COC(C)[C@H]1CC[C@@H](N(CC(C)C)c2ccc(-c3ccccc3C(=O)O)cc2Nc2nc(C(F)(F)F)ns2)CC1. The van der Waals surface area contributed by atoms with Crippen LogP contribution in [0.2, 0.25) is 0 Å². The fourth-order valence-corrected chi connectivity index (χ4v) is 5.99. The van der Waals surface area contributed by atoms with Crippen LogP contribution in [-0.4, -0.2) is 46.2 Å². The van der Waals surface area contributed by atoms with Gasteiger partial charge in [0.15, 0.2) is 0 Å². The lowest BCUT2D eigenvalue weighted by molar-refractivity contribution is -0.144. The predicted molar refractivity (Wildman–Crippen MR) is 151 cm³/mol. The molecule has 3 aromatic rings. The van der Waals surface area contributed by atoms with Crippen molar-refractivity contribution < 1.29 is 27.8 Å². The average Bonchev–Trinajstić information content (AvgIpc) is 3.41. The van der Waals surface area contributed by atoms with Gasteiger partial charge in [-0.2, -0.15) is 22.5 Å². The van der Waals surface area contributed by atoms with Gasteiger partial charge in [0.05, 0.1) is 23.0 Å². The van der Waals surface area contributed by atoms with Crippen molar-refractivity contribution in [2.75, 3.05) is 23.9 Å². The molecule has 0 saturated heterocycles. The normalized spacial score (nSPS) is 18.5. The third kappa shape index (κ3) is 6.93. The Kier molecular flexibility index (Phi) is 9.35. The van der Waals surface area contributed by atoms with E-state index in [1.807, 2.05) is 12.1 Å². The molecule has 0 aliphatic heterocycles. The number of hydrogen-bond acceptors (Lipinski definition) is 7. The second-order valence-corrected chi connectivity index (χ2v) is 11.4. The van der Waals surface area contributed by atoms with Gasteiger partial charge in [-0.05, 0) is 73.8 Å². The van der Waals surface area contributed by atoms with Crippen molar-refractivity contribution in [2.24, 2.45) is 11.8 Å². The molecule has 0 bridgehead atoms. The summed E-state index contributed by atoms with van der Waals surface area (Å²) in [5, 5.41) is 12.8. The van der Waals surface area contributed by atoms with E-state index in [0.717, 1.165) is 37.9 Å². The fraction of sp³-hybridized carbons (Fsp3) is 0.483. The van der Waals surface area contributed by atoms with Crippen molar-refractivity contribution in [3.8, 4) is 11.1 Å². The monoisotopic (exact) mass is 576 g/mol. The topological polar surface area (TPSA) is 87.6 Å². The van der Waals surface area contributed by atoms with Gasteiger partial charge in [-0.25, -0.2) is 4.79 Å². The Bertz CT molecular complexity index is 1310. The number of carboxylic acid groups (broad SMARTS) is 1. The van der Waals surface area contributed by atoms with Crippen LogP contribution in [0.3, 0.4) is 0 Å². The first-order valence-corrected chi connectivity index (χ1v) is 14.2. The highest BCUT2D eigenvalue weighted by atomic mass is 32.1. The number of anilines is 3. The number of aromatic carboxylic acids is 1. The minimum atomic E-state index is -4.65. The third-order valence-electron chi connectivity index (χ3n) is 7.48. The van der Waals surface area contributed by atoms with Crippen molar-refractivity contribution in [2.45, 2.75) is 64.8 Å². The first kappa shape index (κ1) is 29.8. The number of rotatable bonds is 10. The Morgan fingerprint density at radius 3 is 2.45 bits per heavy atom. The molecule has 1 heterocycles. The molecule has 4 rings (SSSR count). The molecule has 11 heteroatoms. The van der Waals surface area contributed by atoms with Crippen LogP contribution in [0, 0.1) is 11.8 Å². The van der Waals surface area contributed by atoms with E-state index in [0.29, 0.717) is 40.2 Å². The second-order valence-electron chi connectivity index (χ2n) is 10.7. The summed E-state index contributed by atoms with van der Waals surface area (Å²) in [6.45, 7) is 7.12. The Morgan fingerprint density at radius 1 is 1.15 bits per heavy atom. The van der Waals surface area contributed by atoms with Gasteiger partial charge in [0.2, 0.25) is 11.0 Å². The lowest BCUT2D eigenvalue weighted by Gasteiger charge is -2.41. The Hall–Kier alpha value is -3.18. The summed E-state index contributed by atoms with van der Waals surface area (Å²) in [5.74, 6) is -1.44. The largest absolute Gasteiger partial charge is 0.478 e. The van der Waals surface area contributed by atoms with Crippen molar-refractivity contribution in [1.29, 1.82) is 0 Å². The number of methoxy groups -OCH3 is 1. The summed E-state index contributed by atoms with van der Waals surface area (Å²) >= 11 is 0.638. The minimum absolute atomic E-state index is 0.0133. The van der Waals surface area contributed by atoms with Crippen LogP contribution >= 0.6 is 11.5 Å². The summed E-state index contributed by atoms with van der Waals surface area (Å²) in [6, 6.07) is 12.5. The number of aromatic nitrogens is 2. The van der Waals surface area contributed by atoms with E-state index in [-0.39, 0.29) is 22.8 Å². The zero-order chi connectivity index (χ0) is 29.0. The molecule has 0 amide bonds. The molecule has 2 N–H and O–H groups in total. The minimum Gasteiger partial charge on any atom is -0.478 e. The van der Waals surface area contributed by atoms with E-state index >= 15 is 0 Å². The van der Waals surface area contributed by atoms with Crippen LogP contribution in [0.5, 0.6) is 0 Å². The summed E-state index contributed by atoms with van der Waals surface area (Å²) < 4.78 is 48.8. The van der Waals surface area contributed by atoms with Crippen LogP contribution in [0.25, 0.3) is 11.1 Å². The molecule has 7 nitrogen and oxygen atoms in total. The maximum atomic E-state index is 13.2. The lowest BCUT2D eigenvalue weighted by Crippen LogP contribution is -2.42. The molecular weight excluding hydrogens is 541 g/mol.